The number of nitrogens with zero attached hydrogens (tertiary/aromatic N) is 1. The SMILES string of the molecule is Cc1ccc(-c2cn(CC3CCOC3)cc(C)c2=O)cc1. The summed E-state index contributed by atoms with van der Waals surface area (Å²) in [4.78, 5) is 12.4. The molecule has 0 saturated carbocycles. The molecule has 3 nitrogen and oxygen atoms in total. The predicted octanol–water partition coefficient (Wildman–Crippen LogP) is 3.17. The number of pyridine rings is 1. The van der Waals surface area contributed by atoms with E-state index in [0.29, 0.717) is 5.92 Å². The van der Waals surface area contributed by atoms with Gasteiger partial charge in [0, 0.05) is 42.6 Å². The second-order valence-electron chi connectivity index (χ2n) is 5.98. The highest BCUT2D eigenvalue weighted by molar-refractivity contribution is 5.63. The summed E-state index contributed by atoms with van der Waals surface area (Å²) in [6.07, 6.45) is 5.04. The molecule has 0 N–H and O–H groups in total. The molecule has 1 aromatic carbocycles. The normalized spacial score (nSPS) is 18.1. The maximum absolute atomic E-state index is 12.4. The second-order valence-corrected chi connectivity index (χ2v) is 5.98. The molecule has 3 heteroatoms. The monoisotopic (exact) mass is 283 g/mol. The Bertz CT molecular complexity index is 679. The average Bonchev–Trinajstić information content (AvgIpc) is 2.96. The maximum atomic E-state index is 12.4. The van der Waals surface area contributed by atoms with Crippen LogP contribution < -0.4 is 5.43 Å². The van der Waals surface area contributed by atoms with E-state index in [4.69, 9.17) is 4.74 Å². The number of ether oxygens (including phenoxy) is 1. The van der Waals surface area contributed by atoms with Crippen molar-refractivity contribution in [2.24, 2.45) is 5.92 Å². The Balaban J connectivity index is 1.97. The minimum atomic E-state index is 0.123. The van der Waals surface area contributed by atoms with Crippen LogP contribution in [0, 0.1) is 19.8 Å². The Morgan fingerprint density at radius 2 is 1.95 bits per heavy atom. The van der Waals surface area contributed by atoms with E-state index in [2.05, 4.69) is 11.5 Å². The van der Waals surface area contributed by atoms with Gasteiger partial charge in [-0.15, -0.1) is 0 Å². The van der Waals surface area contributed by atoms with Crippen LogP contribution in [0.1, 0.15) is 17.5 Å². The molecule has 2 heterocycles. The highest BCUT2D eigenvalue weighted by Crippen LogP contribution is 2.19. The van der Waals surface area contributed by atoms with Crippen molar-refractivity contribution in [1.82, 2.24) is 4.57 Å². The standard InChI is InChI=1S/C18H21NO2/c1-13-3-5-16(6-4-13)17-11-19(9-14(2)18(17)20)10-15-7-8-21-12-15/h3-6,9,11,15H,7-8,10,12H2,1-2H3. The first-order valence-electron chi connectivity index (χ1n) is 7.49. The van der Waals surface area contributed by atoms with Crippen molar-refractivity contribution in [3.05, 3.63) is 58.0 Å². The van der Waals surface area contributed by atoms with E-state index in [1.165, 1.54) is 5.56 Å². The lowest BCUT2D eigenvalue weighted by molar-refractivity contribution is 0.182. The lowest BCUT2D eigenvalue weighted by atomic mass is 10.0. The fourth-order valence-corrected chi connectivity index (χ4v) is 2.85. The topological polar surface area (TPSA) is 31.2 Å². The van der Waals surface area contributed by atoms with Gasteiger partial charge in [0.15, 0.2) is 5.43 Å². The molecule has 1 aliphatic heterocycles. The number of aromatic nitrogens is 1. The number of benzene rings is 1. The van der Waals surface area contributed by atoms with Gasteiger partial charge in [-0.1, -0.05) is 29.8 Å². The van der Waals surface area contributed by atoms with Crippen molar-refractivity contribution < 1.29 is 4.74 Å². The summed E-state index contributed by atoms with van der Waals surface area (Å²) in [5, 5.41) is 0. The molecule has 0 bridgehead atoms. The molecule has 1 aliphatic rings. The summed E-state index contributed by atoms with van der Waals surface area (Å²) < 4.78 is 7.58. The van der Waals surface area contributed by atoms with Crippen LogP contribution >= 0.6 is 0 Å². The van der Waals surface area contributed by atoms with Crippen molar-refractivity contribution in [2.75, 3.05) is 13.2 Å². The van der Waals surface area contributed by atoms with Crippen molar-refractivity contribution in [1.29, 1.82) is 0 Å². The molecule has 0 aliphatic carbocycles. The molecule has 2 aromatic rings. The Morgan fingerprint density at radius 1 is 1.19 bits per heavy atom. The zero-order valence-electron chi connectivity index (χ0n) is 12.6. The highest BCUT2D eigenvalue weighted by Gasteiger charge is 2.16. The minimum Gasteiger partial charge on any atom is -0.381 e. The van der Waals surface area contributed by atoms with Crippen LogP contribution in [0.4, 0.5) is 0 Å². The van der Waals surface area contributed by atoms with Crippen molar-refractivity contribution in [3.8, 4) is 11.1 Å². The molecule has 0 amide bonds. The van der Waals surface area contributed by atoms with Crippen LogP contribution in [0.3, 0.4) is 0 Å². The van der Waals surface area contributed by atoms with E-state index in [-0.39, 0.29) is 5.43 Å². The first-order chi connectivity index (χ1) is 10.1. The Morgan fingerprint density at radius 3 is 2.62 bits per heavy atom. The molecule has 3 rings (SSSR count). The van der Waals surface area contributed by atoms with Gasteiger partial charge >= 0.3 is 0 Å². The third-order valence-electron chi connectivity index (χ3n) is 4.11. The van der Waals surface area contributed by atoms with Crippen LogP contribution in [-0.2, 0) is 11.3 Å². The average molecular weight is 283 g/mol. The van der Waals surface area contributed by atoms with Crippen molar-refractivity contribution in [2.45, 2.75) is 26.8 Å². The number of rotatable bonds is 3. The molecule has 0 spiro atoms. The highest BCUT2D eigenvalue weighted by atomic mass is 16.5. The molecular formula is C18H21NO2. The molecule has 21 heavy (non-hydrogen) atoms. The number of aryl methyl sites for hydroxylation is 2. The third-order valence-corrected chi connectivity index (χ3v) is 4.11. The molecule has 1 aromatic heterocycles. The summed E-state index contributed by atoms with van der Waals surface area (Å²) in [6.45, 7) is 6.54. The van der Waals surface area contributed by atoms with E-state index in [1.54, 1.807) is 0 Å². The number of hydrogen-bond donors (Lipinski definition) is 0. The zero-order valence-corrected chi connectivity index (χ0v) is 12.6. The van der Waals surface area contributed by atoms with E-state index in [1.807, 2.05) is 43.6 Å². The summed E-state index contributed by atoms with van der Waals surface area (Å²) >= 11 is 0. The number of hydrogen-bond acceptors (Lipinski definition) is 2. The van der Waals surface area contributed by atoms with Gasteiger partial charge in [0.25, 0.3) is 0 Å². The van der Waals surface area contributed by atoms with Crippen molar-refractivity contribution >= 4 is 0 Å². The van der Waals surface area contributed by atoms with Gasteiger partial charge in [-0.2, -0.15) is 0 Å². The molecule has 1 atom stereocenters. The lowest BCUT2D eigenvalue weighted by Gasteiger charge is -2.14. The second kappa shape index (κ2) is 5.86. The fourth-order valence-electron chi connectivity index (χ4n) is 2.85. The zero-order chi connectivity index (χ0) is 14.8. The van der Waals surface area contributed by atoms with Gasteiger partial charge in [0.1, 0.15) is 0 Å². The fraction of sp³-hybridized carbons (Fsp3) is 0.389. The van der Waals surface area contributed by atoms with Gasteiger partial charge in [-0.25, -0.2) is 0 Å². The van der Waals surface area contributed by atoms with Gasteiger partial charge in [-0.3, -0.25) is 4.79 Å². The largest absolute Gasteiger partial charge is 0.381 e. The predicted molar refractivity (Wildman–Crippen MR) is 84.5 cm³/mol. The van der Waals surface area contributed by atoms with Gasteiger partial charge in [-0.05, 0) is 25.8 Å². The van der Waals surface area contributed by atoms with Crippen LogP contribution in [0.25, 0.3) is 11.1 Å². The molecule has 1 unspecified atom stereocenters. The van der Waals surface area contributed by atoms with Crippen molar-refractivity contribution in [3.63, 3.8) is 0 Å². The molecule has 0 radical (unpaired) electrons. The van der Waals surface area contributed by atoms with E-state index in [9.17, 15) is 4.79 Å². The molecule has 110 valence electrons. The van der Waals surface area contributed by atoms with Gasteiger partial charge in [0.05, 0.1) is 6.61 Å². The minimum absolute atomic E-state index is 0.123. The summed E-state index contributed by atoms with van der Waals surface area (Å²) in [5.41, 5.74) is 3.90. The van der Waals surface area contributed by atoms with Crippen LogP contribution in [0.15, 0.2) is 41.5 Å². The first-order valence-corrected chi connectivity index (χ1v) is 7.49. The van der Waals surface area contributed by atoms with Gasteiger partial charge < -0.3 is 9.30 Å². The molecule has 1 fully saturated rings. The maximum Gasteiger partial charge on any atom is 0.192 e. The quantitative estimate of drug-likeness (QED) is 0.866. The molecular weight excluding hydrogens is 262 g/mol. The van der Waals surface area contributed by atoms with E-state index < -0.39 is 0 Å². The van der Waals surface area contributed by atoms with Crippen LogP contribution in [0.2, 0.25) is 0 Å². The summed E-state index contributed by atoms with van der Waals surface area (Å²) in [7, 11) is 0. The third kappa shape index (κ3) is 3.08. The van der Waals surface area contributed by atoms with Crippen LogP contribution in [0.5, 0.6) is 0 Å². The van der Waals surface area contributed by atoms with Crippen LogP contribution in [-0.4, -0.2) is 17.8 Å². The van der Waals surface area contributed by atoms with E-state index in [0.717, 1.165) is 42.9 Å². The smallest absolute Gasteiger partial charge is 0.192 e. The Kier molecular flexibility index (Phi) is 3.93. The van der Waals surface area contributed by atoms with E-state index >= 15 is 0 Å². The van der Waals surface area contributed by atoms with Gasteiger partial charge in [0.2, 0.25) is 0 Å². The molecule has 1 saturated heterocycles. The first kappa shape index (κ1) is 14.1. The summed E-state index contributed by atoms with van der Waals surface area (Å²) in [6, 6.07) is 8.14. The Hall–Kier alpha value is -1.87. The summed E-state index contributed by atoms with van der Waals surface area (Å²) in [5.74, 6) is 0.553. The Labute approximate surface area is 125 Å². The lowest BCUT2D eigenvalue weighted by Crippen LogP contribution is -2.17.